The van der Waals surface area contributed by atoms with E-state index in [0.29, 0.717) is 0 Å². The number of hydrogen-bond acceptors (Lipinski definition) is 3. The molecule has 0 fully saturated rings. The summed E-state index contributed by atoms with van der Waals surface area (Å²) in [5, 5.41) is 0.0534. The van der Waals surface area contributed by atoms with Crippen molar-refractivity contribution in [3.05, 3.63) is 46.8 Å². The maximum absolute atomic E-state index is 12.2. The van der Waals surface area contributed by atoms with Crippen LogP contribution >= 0.6 is 15.9 Å². The molecule has 1 heterocycles. The number of imidazole rings is 1. The van der Waals surface area contributed by atoms with E-state index in [2.05, 4.69) is 30.6 Å². The van der Waals surface area contributed by atoms with E-state index < -0.39 is 15.6 Å². The lowest BCUT2D eigenvalue weighted by molar-refractivity contribution is 0.470. The molecule has 1 aromatic carbocycles. The second-order valence-electron chi connectivity index (χ2n) is 4.65. The lowest BCUT2D eigenvalue weighted by Gasteiger charge is -2.26. The lowest BCUT2D eigenvalue weighted by atomic mass is 9.96. The van der Waals surface area contributed by atoms with Crippen molar-refractivity contribution in [2.75, 3.05) is 0 Å². The third kappa shape index (κ3) is 3.23. The molecule has 7 heteroatoms. The van der Waals surface area contributed by atoms with Crippen molar-refractivity contribution < 1.29 is 8.42 Å². The SMILES string of the molecule is CC(C)(NS(=O)(=O)c1cnc[nH]1)c1ccc(Br)cc1. The summed E-state index contributed by atoms with van der Waals surface area (Å²) in [5.74, 6) is 0. The number of benzene rings is 1. The van der Waals surface area contributed by atoms with Crippen molar-refractivity contribution in [1.82, 2.24) is 14.7 Å². The third-order valence-corrected chi connectivity index (χ3v) is 4.83. The van der Waals surface area contributed by atoms with Crippen LogP contribution < -0.4 is 4.72 Å². The fourth-order valence-corrected chi connectivity index (χ4v) is 3.28. The fraction of sp³-hybridized carbons (Fsp3) is 0.250. The monoisotopic (exact) mass is 343 g/mol. The van der Waals surface area contributed by atoms with Crippen LogP contribution in [0, 0.1) is 0 Å². The lowest BCUT2D eigenvalue weighted by Crippen LogP contribution is -2.41. The highest BCUT2D eigenvalue weighted by molar-refractivity contribution is 9.10. The van der Waals surface area contributed by atoms with Crippen LogP contribution in [0.1, 0.15) is 19.4 Å². The first-order valence-corrected chi connectivity index (χ1v) is 7.87. The van der Waals surface area contributed by atoms with Crippen molar-refractivity contribution in [1.29, 1.82) is 0 Å². The highest BCUT2D eigenvalue weighted by atomic mass is 79.9. The zero-order valence-corrected chi connectivity index (χ0v) is 12.9. The standard InChI is InChI=1S/C12H14BrN3O2S/c1-12(2,9-3-5-10(13)6-4-9)16-19(17,18)11-7-14-8-15-11/h3-8,16H,1-2H3,(H,14,15). The Morgan fingerprint density at radius 2 is 1.89 bits per heavy atom. The Morgan fingerprint density at radius 3 is 2.42 bits per heavy atom. The van der Waals surface area contributed by atoms with Gasteiger partial charge in [0, 0.05) is 4.47 Å². The molecule has 0 spiro atoms. The van der Waals surface area contributed by atoms with Gasteiger partial charge >= 0.3 is 0 Å². The predicted molar refractivity (Wildman–Crippen MR) is 76.1 cm³/mol. The van der Waals surface area contributed by atoms with Crippen LogP contribution in [0.25, 0.3) is 0 Å². The molecule has 0 aliphatic rings. The molecular weight excluding hydrogens is 330 g/mol. The molecule has 1 aromatic heterocycles. The van der Waals surface area contributed by atoms with Crippen LogP contribution in [-0.4, -0.2) is 18.4 Å². The van der Waals surface area contributed by atoms with Gasteiger partial charge in [-0.05, 0) is 31.5 Å². The van der Waals surface area contributed by atoms with Gasteiger partial charge in [0.2, 0.25) is 0 Å². The molecule has 19 heavy (non-hydrogen) atoms. The molecule has 0 saturated carbocycles. The number of H-pyrrole nitrogens is 1. The van der Waals surface area contributed by atoms with E-state index >= 15 is 0 Å². The van der Waals surface area contributed by atoms with E-state index in [1.807, 2.05) is 38.1 Å². The highest BCUT2D eigenvalue weighted by Gasteiger charge is 2.28. The van der Waals surface area contributed by atoms with Crippen LogP contribution in [0.5, 0.6) is 0 Å². The first-order chi connectivity index (χ1) is 8.81. The minimum Gasteiger partial charge on any atom is -0.335 e. The Bertz CT molecular complexity index is 649. The molecule has 5 nitrogen and oxygen atoms in total. The van der Waals surface area contributed by atoms with Crippen LogP contribution in [0.4, 0.5) is 0 Å². The smallest absolute Gasteiger partial charge is 0.258 e. The van der Waals surface area contributed by atoms with E-state index in [1.54, 1.807) is 0 Å². The van der Waals surface area contributed by atoms with Gasteiger partial charge < -0.3 is 4.98 Å². The molecular formula is C12H14BrN3O2S. The van der Waals surface area contributed by atoms with Crippen LogP contribution in [-0.2, 0) is 15.6 Å². The largest absolute Gasteiger partial charge is 0.335 e. The van der Waals surface area contributed by atoms with Gasteiger partial charge in [-0.25, -0.2) is 13.4 Å². The van der Waals surface area contributed by atoms with Crippen molar-refractivity contribution in [3.63, 3.8) is 0 Å². The zero-order chi connectivity index (χ0) is 14.1. The van der Waals surface area contributed by atoms with Gasteiger partial charge in [-0.15, -0.1) is 0 Å². The number of nitrogens with zero attached hydrogens (tertiary/aromatic N) is 1. The average molecular weight is 344 g/mol. The summed E-state index contributed by atoms with van der Waals surface area (Å²) < 4.78 is 27.9. The van der Waals surface area contributed by atoms with Gasteiger partial charge in [0.25, 0.3) is 10.0 Å². The summed E-state index contributed by atoms with van der Waals surface area (Å²) in [4.78, 5) is 6.31. The van der Waals surface area contributed by atoms with E-state index in [0.717, 1.165) is 10.0 Å². The summed E-state index contributed by atoms with van der Waals surface area (Å²) >= 11 is 3.35. The van der Waals surface area contributed by atoms with Gasteiger partial charge in [0.05, 0.1) is 18.1 Å². The molecule has 0 amide bonds. The maximum Gasteiger partial charge on any atom is 0.258 e. The van der Waals surface area contributed by atoms with E-state index in [1.165, 1.54) is 12.5 Å². The normalized spacial score (nSPS) is 12.6. The second kappa shape index (κ2) is 5.07. The van der Waals surface area contributed by atoms with Gasteiger partial charge in [-0.2, -0.15) is 4.72 Å². The number of rotatable bonds is 4. The molecule has 102 valence electrons. The number of sulfonamides is 1. The predicted octanol–water partition coefficient (Wildman–Crippen LogP) is 2.39. The number of aromatic amines is 1. The van der Waals surface area contributed by atoms with Gasteiger partial charge in [0.1, 0.15) is 0 Å². The number of hydrogen-bond donors (Lipinski definition) is 2. The Morgan fingerprint density at radius 1 is 1.26 bits per heavy atom. The number of nitrogens with one attached hydrogen (secondary N) is 2. The van der Waals surface area contributed by atoms with E-state index in [-0.39, 0.29) is 5.03 Å². The third-order valence-electron chi connectivity index (χ3n) is 2.72. The first kappa shape index (κ1) is 14.2. The summed E-state index contributed by atoms with van der Waals surface area (Å²) in [7, 11) is -3.61. The van der Waals surface area contributed by atoms with Gasteiger partial charge in [-0.1, -0.05) is 28.1 Å². The number of aromatic nitrogens is 2. The van der Waals surface area contributed by atoms with Crippen molar-refractivity contribution in [2.24, 2.45) is 0 Å². The molecule has 0 atom stereocenters. The van der Waals surface area contributed by atoms with Crippen molar-refractivity contribution in [3.8, 4) is 0 Å². The summed E-state index contributed by atoms with van der Waals surface area (Å²) in [6.45, 7) is 3.62. The molecule has 0 saturated heterocycles. The Balaban J connectivity index is 2.29. The Kier molecular flexibility index (Phi) is 3.80. The minimum absolute atomic E-state index is 0.0534. The summed E-state index contributed by atoms with van der Waals surface area (Å²) in [6.07, 6.45) is 2.61. The highest BCUT2D eigenvalue weighted by Crippen LogP contribution is 2.24. The molecule has 0 bridgehead atoms. The molecule has 2 rings (SSSR count). The van der Waals surface area contributed by atoms with E-state index in [9.17, 15) is 8.42 Å². The van der Waals surface area contributed by atoms with Crippen LogP contribution in [0.2, 0.25) is 0 Å². The van der Waals surface area contributed by atoms with E-state index in [4.69, 9.17) is 0 Å². The fourth-order valence-electron chi connectivity index (χ4n) is 1.71. The first-order valence-electron chi connectivity index (χ1n) is 5.60. The Labute approximate surface area is 120 Å². The quantitative estimate of drug-likeness (QED) is 0.894. The molecule has 0 aliphatic heterocycles. The second-order valence-corrected chi connectivity index (χ2v) is 7.22. The zero-order valence-electron chi connectivity index (χ0n) is 10.5. The summed E-state index contributed by atoms with van der Waals surface area (Å²) in [5.41, 5.74) is 0.156. The number of halogens is 1. The molecule has 0 unspecified atom stereocenters. The molecule has 2 aromatic rings. The molecule has 0 aliphatic carbocycles. The molecule has 2 N–H and O–H groups in total. The van der Waals surface area contributed by atoms with Crippen molar-refractivity contribution >= 4 is 26.0 Å². The Hall–Kier alpha value is -1.18. The van der Waals surface area contributed by atoms with Gasteiger partial charge in [-0.3, -0.25) is 0 Å². The summed E-state index contributed by atoms with van der Waals surface area (Å²) in [6, 6.07) is 7.50. The van der Waals surface area contributed by atoms with Crippen LogP contribution in [0.3, 0.4) is 0 Å². The molecule has 0 radical (unpaired) electrons. The minimum atomic E-state index is -3.61. The maximum atomic E-state index is 12.2. The topological polar surface area (TPSA) is 74.8 Å². The van der Waals surface area contributed by atoms with Crippen molar-refractivity contribution in [2.45, 2.75) is 24.4 Å². The van der Waals surface area contributed by atoms with Gasteiger partial charge in [0.15, 0.2) is 5.03 Å². The average Bonchev–Trinajstić information content (AvgIpc) is 2.82. The van der Waals surface area contributed by atoms with Crippen LogP contribution in [0.15, 0.2) is 46.3 Å².